The van der Waals surface area contributed by atoms with Crippen molar-refractivity contribution >= 4 is 0 Å². The molecular formula is C11H11FO2. The van der Waals surface area contributed by atoms with Crippen LogP contribution in [-0.4, -0.2) is 18.8 Å². The highest BCUT2D eigenvalue weighted by Crippen LogP contribution is 2.32. The van der Waals surface area contributed by atoms with Crippen LogP contribution in [0.4, 0.5) is 4.39 Å². The summed E-state index contributed by atoms with van der Waals surface area (Å²) in [6, 6.07) is 4.70. The fourth-order valence-electron chi connectivity index (χ4n) is 1.91. The number of ether oxygens (including phenoxy) is 2. The van der Waals surface area contributed by atoms with Crippen molar-refractivity contribution in [2.45, 2.75) is 25.0 Å². The first-order valence-electron chi connectivity index (χ1n) is 4.89. The fraction of sp³-hybridized carbons (Fsp3) is 0.455. The molecule has 2 aliphatic heterocycles. The first-order valence-corrected chi connectivity index (χ1v) is 4.89. The number of rotatable bonds is 1. The van der Waals surface area contributed by atoms with Gasteiger partial charge in [-0.15, -0.1) is 0 Å². The van der Waals surface area contributed by atoms with Crippen molar-refractivity contribution in [3.63, 3.8) is 0 Å². The van der Waals surface area contributed by atoms with E-state index < -0.39 is 0 Å². The summed E-state index contributed by atoms with van der Waals surface area (Å²) >= 11 is 0. The van der Waals surface area contributed by atoms with Crippen LogP contribution in [0.5, 0.6) is 5.75 Å². The van der Waals surface area contributed by atoms with Gasteiger partial charge in [-0.3, -0.25) is 0 Å². The lowest BCUT2D eigenvalue weighted by molar-refractivity contribution is 0.136. The number of benzene rings is 1. The van der Waals surface area contributed by atoms with Gasteiger partial charge in [0.2, 0.25) is 0 Å². The number of epoxide rings is 1. The van der Waals surface area contributed by atoms with Crippen LogP contribution in [0.15, 0.2) is 18.2 Å². The Kier molecular flexibility index (Phi) is 1.74. The summed E-state index contributed by atoms with van der Waals surface area (Å²) in [4.78, 5) is 0. The standard InChI is InChI=1S/C11H11FO2/c12-8-2-4-9-7(5-8)1-3-10(14-9)11-6-13-11/h2,4-5,10-11H,1,3,6H2/t10-,11-/m0/s1. The zero-order chi connectivity index (χ0) is 9.54. The Morgan fingerprint density at radius 2 is 2.14 bits per heavy atom. The highest BCUT2D eigenvalue weighted by atomic mass is 19.1. The third-order valence-corrected chi connectivity index (χ3v) is 2.77. The average Bonchev–Trinajstić information content (AvgIpc) is 3.00. The molecule has 3 rings (SSSR count). The Hall–Kier alpha value is -1.09. The molecule has 3 heteroatoms. The molecule has 0 aromatic heterocycles. The normalized spacial score (nSPS) is 29.2. The Balaban J connectivity index is 1.86. The van der Waals surface area contributed by atoms with Crippen molar-refractivity contribution in [1.29, 1.82) is 0 Å². The van der Waals surface area contributed by atoms with E-state index in [1.165, 1.54) is 6.07 Å². The van der Waals surface area contributed by atoms with Gasteiger partial charge in [0.25, 0.3) is 0 Å². The Bertz CT molecular complexity index is 360. The van der Waals surface area contributed by atoms with Crippen molar-refractivity contribution in [2.75, 3.05) is 6.61 Å². The second kappa shape index (κ2) is 2.95. The van der Waals surface area contributed by atoms with Gasteiger partial charge >= 0.3 is 0 Å². The van der Waals surface area contributed by atoms with E-state index in [2.05, 4.69) is 0 Å². The van der Waals surface area contributed by atoms with Crippen LogP contribution in [0.25, 0.3) is 0 Å². The topological polar surface area (TPSA) is 21.8 Å². The summed E-state index contributed by atoms with van der Waals surface area (Å²) in [5, 5.41) is 0. The zero-order valence-corrected chi connectivity index (χ0v) is 7.70. The summed E-state index contributed by atoms with van der Waals surface area (Å²) < 4.78 is 23.8. The van der Waals surface area contributed by atoms with Crippen LogP contribution < -0.4 is 4.74 Å². The maximum atomic E-state index is 12.9. The number of hydrogen-bond acceptors (Lipinski definition) is 2. The Morgan fingerprint density at radius 3 is 2.93 bits per heavy atom. The molecule has 0 spiro atoms. The van der Waals surface area contributed by atoms with Crippen molar-refractivity contribution in [3.05, 3.63) is 29.6 Å². The Labute approximate surface area is 81.6 Å². The summed E-state index contributed by atoms with van der Waals surface area (Å²) in [5.41, 5.74) is 0.974. The third kappa shape index (κ3) is 1.38. The number of fused-ring (bicyclic) bond motifs is 1. The van der Waals surface area contributed by atoms with Gasteiger partial charge in [-0.1, -0.05) is 0 Å². The maximum Gasteiger partial charge on any atom is 0.127 e. The molecule has 2 heterocycles. The molecule has 14 heavy (non-hydrogen) atoms. The molecule has 1 aromatic carbocycles. The lowest BCUT2D eigenvalue weighted by atomic mass is 10.0. The van der Waals surface area contributed by atoms with Gasteiger partial charge < -0.3 is 9.47 Å². The zero-order valence-electron chi connectivity index (χ0n) is 7.70. The van der Waals surface area contributed by atoms with E-state index in [1.54, 1.807) is 12.1 Å². The van der Waals surface area contributed by atoms with Crippen molar-refractivity contribution in [2.24, 2.45) is 0 Å². The quantitative estimate of drug-likeness (QED) is 0.637. The largest absolute Gasteiger partial charge is 0.487 e. The molecule has 0 radical (unpaired) electrons. The molecule has 1 aromatic rings. The van der Waals surface area contributed by atoms with Gasteiger partial charge in [0.1, 0.15) is 23.8 Å². The predicted octanol–water partition coefficient (Wildman–Crippen LogP) is 1.92. The summed E-state index contributed by atoms with van der Waals surface area (Å²) in [6.45, 7) is 0.807. The summed E-state index contributed by atoms with van der Waals surface area (Å²) in [7, 11) is 0. The average molecular weight is 194 g/mol. The van der Waals surface area contributed by atoms with Crippen LogP contribution in [0, 0.1) is 5.82 Å². The van der Waals surface area contributed by atoms with E-state index in [0.717, 1.165) is 30.8 Å². The lowest BCUT2D eigenvalue weighted by Crippen LogP contribution is -2.27. The molecule has 0 unspecified atom stereocenters. The van der Waals surface area contributed by atoms with Gasteiger partial charge in [0.05, 0.1) is 6.61 Å². The molecule has 1 saturated heterocycles. The second-order valence-electron chi connectivity index (χ2n) is 3.82. The minimum Gasteiger partial charge on any atom is -0.487 e. The smallest absolute Gasteiger partial charge is 0.127 e. The first-order chi connectivity index (χ1) is 6.83. The van der Waals surface area contributed by atoms with E-state index in [4.69, 9.17) is 9.47 Å². The maximum absolute atomic E-state index is 12.9. The van der Waals surface area contributed by atoms with E-state index >= 15 is 0 Å². The number of hydrogen-bond donors (Lipinski definition) is 0. The number of aryl methyl sites for hydroxylation is 1. The lowest BCUT2D eigenvalue weighted by Gasteiger charge is -2.24. The van der Waals surface area contributed by atoms with E-state index in [9.17, 15) is 4.39 Å². The molecular weight excluding hydrogens is 183 g/mol. The predicted molar refractivity (Wildman–Crippen MR) is 48.9 cm³/mol. The fourth-order valence-corrected chi connectivity index (χ4v) is 1.91. The van der Waals surface area contributed by atoms with Crippen LogP contribution in [0.1, 0.15) is 12.0 Å². The van der Waals surface area contributed by atoms with Gasteiger partial charge in [-0.05, 0) is 36.6 Å². The molecule has 0 bridgehead atoms. The van der Waals surface area contributed by atoms with Crippen molar-refractivity contribution in [1.82, 2.24) is 0 Å². The molecule has 2 nitrogen and oxygen atoms in total. The van der Waals surface area contributed by atoms with Crippen LogP contribution in [-0.2, 0) is 11.2 Å². The van der Waals surface area contributed by atoms with E-state index in [-0.39, 0.29) is 18.0 Å². The second-order valence-corrected chi connectivity index (χ2v) is 3.82. The Morgan fingerprint density at radius 1 is 1.29 bits per heavy atom. The first kappa shape index (κ1) is 8.24. The highest BCUT2D eigenvalue weighted by molar-refractivity contribution is 5.36. The van der Waals surface area contributed by atoms with Gasteiger partial charge in [0.15, 0.2) is 0 Å². The van der Waals surface area contributed by atoms with E-state index in [0.29, 0.717) is 0 Å². The van der Waals surface area contributed by atoms with Crippen molar-refractivity contribution in [3.8, 4) is 5.75 Å². The molecule has 2 atom stereocenters. The molecule has 0 saturated carbocycles. The monoisotopic (exact) mass is 194 g/mol. The SMILES string of the molecule is Fc1ccc2c(c1)CC[C@@H]([C@@H]1CO1)O2. The van der Waals surface area contributed by atoms with Crippen LogP contribution in [0.3, 0.4) is 0 Å². The third-order valence-electron chi connectivity index (χ3n) is 2.77. The molecule has 0 amide bonds. The minimum atomic E-state index is -0.187. The summed E-state index contributed by atoms with van der Waals surface area (Å²) in [6.07, 6.45) is 2.26. The van der Waals surface area contributed by atoms with Gasteiger partial charge in [-0.2, -0.15) is 0 Å². The minimum absolute atomic E-state index is 0.174. The summed E-state index contributed by atoms with van der Waals surface area (Å²) in [5.74, 6) is 0.631. The van der Waals surface area contributed by atoms with Gasteiger partial charge in [-0.25, -0.2) is 4.39 Å². The van der Waals surface area contributed by atoms with E-state index in [1.807, 2.05) is 0 Å². The van der Waals surface area contributed by atoms with Crippen LogP contribution in [0.2, 0.25) is 0 Å². The number of halogens is 1. The van der Waals surface area contributed by atoms with Crippen molar-refractivity contribution < 1.29 is 13.9 Å². The highest BCUT2D eigenvalue weighted by Gasteiger charge is 2.36. The molecule has 0 N–H and O–H groups in total. The molecule has 0 aliphatic carbocycles. The molecule has 1 fully saturated rings. The molecule has 2 aliphatic rings. The van der Waals surface area contributed by atoms with Crippen LogP contribution >= 0.6 is 0 Å². The van der Waals surface area contributed by atoms with Gasteiger partial charge in [0, 0.05) is 0 Å². The molecule has 74 valence electrons.